The number of aryl methyl sites for hydroxylation is 2. The van der Waals surface area contributed by atoms with Crippen molar-refractivity contribution < 1.29 is 5.11 Å². The van der Waals surface area contributed by atoms with E-state index in [1.807, 2.05) is 24.3 Å². The molecule has 4 heteroatoms. The first-order chi connectivity index (χ1) is 10.2. The highest BCUT2D eigenvalue weighted by atomic mass is 16.2. The van der Waals surface area contributed by atoms with Crippen LogP contribution in [0, 0.1) is 6.92 Å². The fourth-order valence-corrected chi connectivity index (χ4v) is 2.59. The lowest BCUT2D eigenvalue weighted by Crippen LogP contribution is -1.92. The van der Waals surface area contributed by atoms with Crippen molar-refractivity contribution in [1.29, 1.82) is 0 Å². The molecule has 0 aliphatic rings. The second-order valence-electron chi connectivity index (χ2n) is 5.30. The minimum atomic E-state index is 0.212. The number of nitrogens with two attached hydrogens (primary N) is 1. The van der Waals surface area contributed by atoms with Gasteiger partial charge in [0.15, 0.2) is 0 Å². The number of aromatic amines is 1. The van der Waals surface area contributed by atoms with Crippen molar-refractivity contribution in [2.24, 2.45) is 0 Å². The zero-order valence-corrected chi connectivity index (χ0v) is 12.1. The Hall–Kier alpha value is -2.33. The molecule has 2 aromatic carbocycles. The zero-order chi connectivity index (χ0) is 14.8. The van der Waals surface area contributed by atoms with Gasteiger partial charge in [0.1, 0.15) is 5.82 Å². The Kier molecular flexibility index (Phi) is 3.62. The van der Waals surface area contributed by atoms with Crippen LogP contribution in [0.4, 0.5) is 5.69 Å². The van der Waals surface area contributed by atoms with Crippen LogP contribution in [0.3, 0.4) is 0 Å². The fraction of sp³-hybridized carbons (Fsp3) is 0.235. The molecule has 0 amide bonds. The van der Waals surface area contributed by atoms with Crippen molar-refractivity contribution in [2.45, 2.75) is 19.8 Å². The molecule has 0 spiro atoms. The van der Waals surface area contributed by atoms with Gasteiger partial charge >= 0.3 is 0 Å². The molecule has 0 unspecified atom stereocenters. The quantitative estimate of drug-likeness (QED) is 0.643. The minimum absolute atomic E-state index is 0.212. The standard InChI is InChI=1S/C17H19N3O/c1-11-9-15-16(10-12(11)5-4-8-21)20-17(19-15)13-6-2-3-7-14(13)18/h2-3,6-7,9-10,21H,4-5,8,18H2,1H3,(H,19,20). The maximum Gasteiger partial charge on any atom is 0.140 e. The van der Waals surface area contributed by atoms with Gasteiger partial charge in [-0.2, -0.15) is 0 Å². The van der Waals surface area contributed by atoms with Crippen LogP contribution in [0.15, 0.2) is 36.4 Å². The Morgan fingerprint density at radius 2 is 2.05 bits per heavy atom. The van der Waals surface area contributed by atoms with E-state index in [9.17, 15) is 0 Å². The van der Waals surface area contributed by atoms with Crippen LogP contribution in [0.25, 0.3) is 22.4 Å². The minimum Gasteiger partial charge on any atom is -0.398 e. The Morgan fingerprint density at radius 3 is 2.81 bits per heavy atom. The number of para-hydroxylation sites is 1. The molecule has 0 atom stereocenters. The highest BCUT2D eigenvalue weighted by Gasteiger charge is 2.10. The molecule has 0 saturated heterocycles. The van der Waals surface area contributed by atoms with Gasteiger partial charge in [-0.15, -0.1) is 0 Å². The van der Waals surface area contributed by atoms with Crippen LogP contribution in [0.5, 0.6) is 0 Å². The number of fused-ring (bicyclic) bond motifs is 1. The highest BCUT2D eigenvalue weighted by molar-refractivity contribution is 5.83. The number of hydrogen-bond acceptors (Lipinski definition) is 3. The van der Waals surface area contributed by atoms with Crippen LogP contribution in [-0.2, 0) is 6.42 Å². The van der Waals surface area contributed by atoms with Gasteiger partial charge in [0.25, 0.3) is 0 Å². The van der Waals surface area contributed by atoms with E-state index in [0.717, 1.165) is 35.3 Å². The van der Waals surface area contributed by atoms with Gasteiger partial charge in [-0.3, -0.25) is 0 Å². The van der Waals surface area contributed by atoms with E-state index in [1.54, 1.807) is 0 Å². The number of hydrogen-bond donors (Lipinski definition) is 3. The van der Waals surface area contributed by atoms with Gasteiger partial charge in [0.05, 0.1) is 11.0 Å². The summed E-state index contributed by atoms with van der Waals surface area (Å²) in [7, 11) is 0. The SMILES string of the molecule is Cc1cc2[nH]c(-c3ccccc3N)nc2cc1CCCO. The largest absolute Gasteiger partial charge is 0.398 e. The lowest BCUT2D eigenvalue weighted by molar-refractivity contribution is 0.288. The van der Waals surface area contributed by atoms with Gasteiger partial charge in [-0.1, -0.05) is 12.1 Å². The lowest BCUT2D eigenvalue weighted by atomic mass is 10.0. The molecule has 0 aliphatic carbocycles. The normalized spacial score (nSPS) is 11.1. The molecule has 0 radical (unpaired) electrons. The molecule has 1 aromatic heterocycles. The Balaban J connectivity index is 2.06. The van der Waals surface area contributed by atoms with Crippen LogP contribution in [-0.4, -0.2) is 21.7 Å². The number of anilines is 1. The summed E-state index contributed by atoms with van der Waals surface area (Å²) in [6.07, 6.45) is 1.64. The summed E-state index contributed by atoms with van der Waals surface area (Å²) in [5.41, 5.74) is 12.0. The summed E-state index contributed by atoms with van der Waals surface area (Å²) in [4.78, 5) is 7.99. The fourth-order valence-electron chi connectivity index (χ4n) is 2.59. The topological polar surface area (TPSA) is 74.9 Å². The average molecular weight is 281 g/mol. The van der Waals surface area contributed by atoms with Crippen LogP contribution >= 0.6 is 0 Å². The van der Waals surface area contributed by atoms with E-state index in [2.05, 4.69) is 29.0 Å². The number of benzene rings is 2. The number of nitrogens with zero attached hydrogens (tertiary/aromatic N) is 1. The number of rotatable bonds is 4. The number of aliphatic hydroxyl groups is 1. The van der Waals surface area contributed by atoms with E-state index in [4.69, 9.17) is 10.8 Å². The summed E-state index contributed by atoms with van der Waals surface area (Å²) in [5, 5.41) is 8.98. The molecule has 0 aliphatic heterocycles. The molecule has 3 rings (SSSR count). The average Bonchev–Trinajstić information content (AvgIpc) is 2.87. The molecule has 108 valence electrons. The predicted molar refractivity (Wildman–Crippen MR) is 86.1 cm³/mol. The van der Waals surface area contributed by atoms with E-state index >= 15 is 0 Å². The van der Waals surface area contributed by atoms with Gasteiger partial charge in [-0.05, 0) is 55.2 Å². The summed E-state index contributed by atoms with van der Waals surface area (Å²) in [5.74, 6) is 0.793. The molecule has 0 fully saturated rings. The first-order valence-corrected chi connectivity index (χ1v) is 7.14. The molecule has 0 bridgehead atoms. The van der Waals surface area contributed by atoms with Crippen LogP contribution < -0.4 is 5.73 Å². The number of aromatic nitrogens is 2. The maximum absolute atomic E-state index is 8.98. The van der Waals surface area contributed by atoms with E-state index in [1.165, 1.54) is 11.1 Å². The lowest BCUT2D eigenvalue weighted by Gasteiger charge is -2.04. The Bertz CT molecular complexity index is 777. The van der Waals surface area contributed by atoms with Crippen LogP contribution in [0.1, 0.15) is 17.5 Å². The van der Waals surface area contributed by atoms with Crippen molar-refractivity contribution in [3.05, 3.63) is 47.5 Å². The Morgan fingerprint density at radius 1 is 1.24 bits per heavy atom. The van der Waals surface area contributed by atoms with Crippen molar-refractivity contribution >= 4 is 16.7 Å². The van der Waals surface area contributed by atoms with Gasteiger partial charge in [0.2, 0.25) is 0 Å². The number of H-pyrrole nitrogens is 1. The second kappa shape index (κ2) is 5.58. The molecule has 4 nitrogen and oxygen atoms in total. The predicted octanol–water partition coefficient (Wildman–Crippen LogP) is 3.05. The molecule has 3 aromatic rings. The molecule has 4 N–H and O–H groups in total. The molecule has 0 saturated carbocycles. The summed E-state index contributed by atoms with van der Waals surface area (Å²) in [6.45, 7) is 2.30. The van der Waals surface area contributed by atoms with Crippen molar-refractivity contribution in [3.63, 3.8) is 0 Å². The van der Waals surface area contributed by atoms with E-state index in [-0.39, 0.29) is 6.61 Å². The second-order valence-corrected chi connectivity index (χ2v) is 5.30. The van der Waals surface area contributed by atoms with Crippen molar-refractivity contribution in [3.8, 4) is 11.4 Å². The van der Waals surface area contributed by atoms with E-state index < -0.39 is 0 Å². The highest BCUT2D eigenvalue weighted by Crippen LogP contribution is 2.27. The number of nitrogens with one attached hydrogen (secondary N) is 1. The zero-order valence-electron chi connectivity index (χ0n) is 12.1. The number of nitrogen functional groups attached to an aromatic ring is 1. The third kappa shape index (κ3) is 2.62. The first-order valence-electron chi connectivity index (χ1n) is 7.14. The Labute approximate surface area is 123 Å². The summed E-state index contributed by atoms with van der Waals surface area (Å²) >= 11 is 0. The summed E-state index contributed by atoms with van der Waals surface area (Å²) < 4.78 is 0. The first kappa shape index (κ1) is 13.6. The number of imidazole rings is 1. The summed E-state index contributed by atoms with van der Waals surface area (Å²) in [6, 6.07) is 11.9. The smallest absolute Gasteiger partial charge is 0.140 e. The number of aliphatic hydroxyl groups excluding tert-OH is 1. The monoisotopic (exact) mass is 281 g/mol. The van der Waals surface area contributed by atoms with Crippen LogP contribution in [0.2, 0.25) is 0 Å². The van der Waals surface area contributed by atoms with Gasteiger partial charge in [0, 0.05) is 17.9 Å². The van der Waals surface area contributed by atoms with Gasteiger partial charge < -0.3 is 15.8 Å². The van der Waals surface area contributed by atoms with E-state index in [0.29, 0.717) is 5.69 Å². The third-order valence-electron chi connectivity index (χ3n) is 3.76. The van der Waals surface area contributed by atoms with Crippen molar-refractivity contribution in [1.82, 2.24) is 9.97 Å². The molecule has 1 heterocycles. The van der Waals surface area contributed by atoms with Crippen molar-refractivity contribution in [2.75, 3.05) is 12.3 Å². The van der Waals surface area contributed by atoms with Gasteiger partial charge in [-0.25, -0.2) is 4.98 Å². The third-order valence-corrected chi connectivity index (χ3v) is 3.76. The molecule has 21 heavy (non-hydrogen) atoms. The molecular formula is C17H19N3O. The maximum atomic E-state index is 8.98. The molecular weight excluding hydrogens is 262 g/mol.